The molecule has 2 aromatic heterocycles. The maximum Gasteiger partial charge on any atom is 0.272 e. The van der Waals surface area contributed by atoms with Gasteiger partial charge in [0.25, 0.3) is 5.91 Å². The molecule has 26 heavy (non-hydrogen) atoms. The summed E-state index contributed by atoms with van der Waals surface area (Å²) in [4.78, 5) is 12.8. The van der Waals surface area contributed by atoms with Crippen molar-refractivity contribution < 1.29 is 4.79 Å². The molecule has 4 fully saturated rings. The molecular weight excluding hydrogens is 326 g/mol. The second-order valence-corrected chi connectivity index (χ2v) is 8.74. The number of rotatable bonds is 4. The summed E-state index contributed by atoms with van der Waals surface area (Å²) < 4.78 is 3.69. The zero-order chi connectivity index (χ0) is 17.8. The van der Waals surface area contributed by atoms with Crippen molar-refractivity contribution in [2.45, 2.75) is 58.7 Å². The van der Waals surface area contributed by atoms with Gasteiger partial charge in [-0.25, -0.2) is 4.68 Å². The molecule has 2 aromatic rings. The van der Waals surface area contributed by atoms with Gasteiger partial charge < -0.3 is 5.32 Å². The number of amides is 1. The van der Waals surface area contributed by atoms with E-state index in [2.05, 4.69) is 15.5 Å². The summed E-state index contributed by atoms with van der Waals surface area (Å²) >= 11 is 0. The molecule has 138 valence electrons. The Morgan fingerprint density at radius 2 is 1.81 bits per heavy atom. The van der Waals surface area contributed by atoms with Crippen LogP contribution in [0.5, 0.6) is 0 Å². The molecule has 0 unspecified atom stereocenters. The molecule has 6 heteroatoms. The summed E-state index contributed by atoms with van der Waals surface area (Å²) in [7, 11) is 0. The van der Waals surface area contributed by atoms with Crippen LogP contribution >= 0.6 is 0 Å². The Labute approximate surface area is 154 Å². The average molecular weight is 353 g/mol. The summed E-state index contributed by atoms with van der Waals surface area (Å²) in [5, 5.41) is 12.3. The molecular formula is C20H27N5O. The minimum atomic E-state index is -0.0189. The van der Waals surface area contributed by atoms with Gasteiger partial charge in [0.15, 0.2) is 0 Å². The van der Waals surface area contributed by atoms with Gasteiger partial charge in [-0.1, -0.05) is 0 Å². The van der Waals surface area contributed by atoms with Crippen LogP contribution in [0.3, 0.4) is 0 Å². The highest BCUT2D eigenvalue weighted by atomic mass is 16.2. The quantitative estimate of drug-likeness (QED) is 0.919. The minimum Gasteiger partial charge on any atom is -0.347 e. The molecule has 4 bridgehead atoms. The van der Waals surface area contributed by atoms with Gasteiger partial charge in [-0.15, -0.1) is 0 Å². The Bertz CT molecular complexity index is 807. The van der Waals surface area contributed by atoms with E-state index in [4.69, 9.17) is 0 Å². The van der Waals surface area contributed by atoms with E-state index in [1.165, 1.54) is 32.1 Å². The van der Waals surface area contributed by atoms with Crippen LogP contribution < -0.4 is 5.32 Å². The average Bonchev–Trinajstić information content (AvgIpc) is 3.17. The Morgan fingerprint density at radius 1 is 1.12 bits per heavy atom. The fourth-order valence-corrected chi connectivity index (χ4v) is 5.90. The predicted molar refractivity (Wildman–Crippen MR) is 97.6 cm³/mol. The van der Waals surface area contributed by atoms with Gasteiger partial charge in [-0.2, -0.15) is 10.2 Å². The van der Waals surface area contributed by atoms with Crippen molar-refractivity contribution in [2.24, 2.45) is 23.7 Å². The first kappa shape index (κ1) is 16.1. The first-order valence-electron chi connectivity index (χ1n) is 9.90. The lowest BCUT2D eigenvalue weighted by Crippen LogP contribution is -2.55. The van der Waals surface area contributed by atoms with Crippen LogP contribution in [0.1, 0.15) is 54.0 Å². The maximum absolute atomic E-state index is 12.8. The van der Waals surface area contributed by atoms with Crippen molar-refractivity contribution in [2.75, 3.05) is 0 Å². The van der Waals surface area contributed by atoms with E-state index >= 15 is 0 Å². The largest absolute Gasteiger partial charge is 0.347 e. The molecule has 0 atom stereocenters. The summed E-state index contributed by atoms with van der Waals surface area (Å²) in [5.74, 6) is 3.20. The number of nitrogens with zero attached hydrogens (tertiary/aromatic N) is 4. The number of carbonyl (C=O) groups is 1. The van der Waals surface area contributed by atoms with Gasteiger partial charge in [0.1, 0.15) is 12.4 Å². The fourth-order valence-electron chi connectivity index (χ4n) is 5.90. The standard InChI is InChI=1S/C20H27N5O/c1-12-5-13(2)25(22-12)11-24-4-3-18(23-24)20(26)21-19-16-7-14-6-15(9-16)10-17(19)8-14/h3-5,14-17,19H,6-11H2,1-2H3,(H,21,26). The van der Waals surface area contributed by atoms with Gasteiger partial charge in [-0.05, 0) is 81.8 Å². The van der Waals surface area contributed by atoms with Crippen LogP contribution in [0.25, 0.3) is 0 Å². The van der Waals surface area contributed by atoms with Crippen LogP contribution in [-0.2, 0) is 6.67 Å². The number of hydrogen-bond acceptors (Lipinski definition) is 3. The first-order chi connectivity index (χ1) is 12.5. The molecule has 6 nitrogen and oxygen atoms in total. The smallest absolute Gasteiger partial charge is 0.272 e. The van der Waals surface area contributed by atoms with E-state index in [9.17, 15) is 4.79 Å². The van der Waals surface area contributed by atoms with E-state index in [1.807, 2.05) is 36.9 Å². The zero-order valence-corrected chi connectivity index (χ0v) is 15.6. The molecule has 4 saturated carbocycles. The number of hydrogen-bond donors (Lipinski definition) is 1. The summed E-state index contributed by atoms with van der Waals surface area (Å²) in [5.41, 5.74) is 2.60. The highest BCUT2D eigenvalue weighted by molar-refractivity contribution is 5.92. The lowest BCUT2D eigenvalue weighted by Gasteiger charge is -2.54. The van der Waals surface area contributed by atoms with Gasteiger partial charge in [0, 0.05) is 17.9 Å². The Kier molecular flexibility index (Phi) is 3.69. The number of carbonyl (C=O) groups excluding carboxylic acids is 1. The molecule has 4 aliphatic carbocycles. The number of aryl methyl sites for hydroxylation is 2. The normalized spacial score (nSPS) is 32.2. The monoisotopic (exact) mass is 353 g/mol. The third-order valence-electron chi connectivity index (χ3n) is 6.78. The van der Waals surface area contributed by atoms with E-state index in [-0.39, 0.29) is 5.91 Å². The zero-order valence-electron chi connectivity index (χ0n) is 15.6. The fraction of sp³-hybridized carbons (Fsp3) is 0.650. The molecule has 4 aliphatic rings. The molecule has 1 N–H and O–H groups in total. The lowest BCUT2D eigenvalue weighted by atomic mass is 9.54. The third kappa shape index (κ3) is 2.75. The molecule has 2 heterocycles. The molecule has 1 amide bonds. The highest BCUT2D eigenvalue weighted by Crippen LogP contribution is 2.53. The second kappa shape index (κ2) is 5.96. The second-order valence-electron chi connectivity index (χ2n) is 8.74. The summed E-state index contributed by atoms with van der Waals surface area (Å²) in [6, 6.07) is 4.22. The predicted octanol–water partition coefficient (Wildman–Crippen LogP) is 2.76. The molecule has 6 rings (SSSR count). The van der Waals surface area contributed by atoms with Crippen LogP contribution in [-0.4, -0.2) is 31.5 Å². The molecule has 0 spiro atoms. The van der Waals surface area contributed by atoms with Gasteiger partial charge in [0.2, 0.25) is 0 Å². The minimum absolute atomic E-state index is 0.0189. The van der Waals surface area contributed by atoms with Crippen LogP contribution in [0, 0.1) is 37.5 Å². The van der Waals surface area contributed by atoms with E-state index in [0.29, 0.717) is 30.2 Å². The van der Waals surface area contributed by atoms with Crippen molar-refractivity contribution in [1.29, 1.82) is 0 Å². The van der Waals surface area contributed by atoms with Crippen molar-refractivity contribution in [3.05, 3.63) is 35.4 Å². The Balaban J connectivity index is 1.26. The van der Waals surface area contributed by atoms with E-state index in [1.54, 1.807) is 4.68 Å². The maximum atomic E-state index is 12.8. The highest BCUT2D eigenvalue weighted by Gasteiger charge is 2.48. The summed E-state index contributed by atoms with van der Waals surface area (Å²) in [6.45, 7) is 4.55. The van der Waals surface area contributed by atoms with Gasteiger partial charge in [-0.3, -0.25) is 9.48 Å². The molecule has 0 saturated heterocycles. The first-order valence-corrected chi connectivity index (χ1v) is 9.90. The number of aromatic nitrogens is 4. The van der Waals surface area contributed by atoms with Crippen molar-refractivity contribution >= 4 is 5.91 Å². The Morgan fingerprint density at radius 3 is 2.42 bits per heavy atom. The van der Waals surface area contributed by atoms with Crippen LogP contribution in [0.15, 0.2) is 18.3 Å². The topological polar surface area (TPSA) is 64.7 Å². The SMILES string of the molecule is Cc1cc(C)n(Cn2ccc(C(=O)NC3C4CC5CC(C4)CC3C5)n2)n1. The van der Waals surface area contributed by atoms with Crippen molar-refractivity contribution in [1.82, 2.24) is 24.9 Å². The van der Waals surface area contributed by atoms with Crippen molar-refractivity contribution in [3.63, 3.8) is 0 Å². The molecule has 0 aliphatic heterocycles. The Hall–Kier alpha value is -2.11. The van der Waals surface area contributed by atoms with Gasteiger partial charge >= 0.3 is 0 Å². The third-order valence-corrected chi connectivity index (χ3v) is 6.78. The van der Waals surface area contributed by atoms with Crippen molar-refractivity contribution in [3.8, 4) is 0 Å². The lowest BCUT2D eigenvalue weighted by molar-refractivity contribution is -0.0120. The molecule has 0 aromatic carbocycles. The van der Waals surface area contributed by atoms with Gasteiger partial charge in [0.05, 0.1) is 5.69 Å². The molecule has 0 radical (unpaired) electrons. The van der Waals surface area contributed by atoms with Crippen LogP contribution in [0.2, 0.25) is 0 Å². The van der Waals surface area contributed by atoms with E-state index in [0.717, 1.165) is 23.2 Å². The van der Waals surface area contributed by atoms with E-state index < -0.39 is 0 Å². The van der Waals surface area contributed by atoms with Crippen LogP contribution in [0.4, 0.5) is 0 Å². The number of nitrogens with one attached hydrogen (secondary N) is 1. The summed E-state index contributed by atoms with van der Waals surface area (Å²) in [6.07, 6.45) is 8.54.